The summed E-state index contributed by atoms with van der Waals surface area (Å²) in [6.45, 7) is 6.87. The first-order chi connectivity index (χ1) is 9.26. The Morgan fingerprint density at radius 3 is 2.79 bits per heavy atom. The van der Waals surface area contributed by atoms with E-state index < -0.39 is 0 Å². The van der Waals surface area contributed by atoms with Gasteiger partial charge in [-0.3, -0.25) is 0 Å². The van der Waals surface area contributed by atoms with Crippen LogP contribution in [0, 0.1) is 0 Å². The standard InChI is InChI=1S/C15H26N2O2/c1-3-18-11-9-17(2)8-5-10-19-15-7-4-6-14(12-15)13-16/h4,6-7,12H,3,5,8-11,13,16H2,1-2H3. The van der Waals surface area contributed by atoms with E-state index in [1.807, 2.05) is 31.2 Å². The topological polar surface area (TPSA) is 47.7 Å². The fourth-order valence-corrected chi connectivity index (χ4v) is 1.76. The van der Waals surface area contributed by atoms with Crippen LogP contribution in [-0.4, -0.2) is 44.9 Å². The molecule has 0 heterocycles. The van der Waals surface area contributed by atoms with E-state index in [4.69, 9.17) is 15.2 Å². The predicted molar refractivity (Wildman–Crippen MR) is 78.4 cm³/mol. The second-order valence-corrected chi connectivity index (χ2v) is 4.55. The number of rotatable bonds is 10. The molecule has 1 aromatic carbocycles. The average Bonchev–Trinajstić information content (AvgIpc) is 2.44. The molecule has 1 rings (SSSR count). The first kappa shape index (κ1) is 16.0. The minimum atomic E-state index is 0.553. The number of nitrogens with zero attached hydrogens (tertiary/aromatic N) is 1. The Morgan fingerprint density at radius 2 is 2.05 bits per heavy atom. The number of hydrogen-bond donors (Lipinski definition) is 1. The molecule has 0 saturated carbocycles. The van der Waals surface area contributed by atoms with Crippen molar-refractivity contribution < 1.29 is 9.47 Å². The van der Waals surface area contributed by atoms with Gasteiger partial charge in [0, 0.05) is 26.2 Å². The SMILES string of the molecule is CCOCCN(C)CCCOc1cccc(CN)c1. The maximum atomic E-state index is 5.71. The summed E-state index contributed by atoms with van der Waals surface area (Å²) in [7, 11) is 2.11. The van der Waals surface area contributed by atoms with Crippen molar-refractivity contribution in [1.82, 2.24) is 4.90 Å². The van der Waals surface area contributed by atoms with Gasteiger partial charge >= 0.3 is 0 Å². The molecular weight excluding hydrogens is 240 g/mol. The fraction of sp³-hybridized carbons (Fsp3) is 0.600. The number of benzene rings is 1. The fourth-order valence-electron chi connectivity index (χ4n) is 1.76. The van der Waals surface area contributed by atoms with E-state index in [9.17, 15) is 0 Å². The van der Waals surface area contributed by atoms with Crippen molar-refractivity contribution >= 4 is 0 Å². The number of likely N-dealkylation sites (N-methyl/N-ethyl adjacent to an activating group) is 1. The normalized spacial score (nSPS) is 10.9. The second kappa shape index (κ2) is 9.78. The molecule has 0 aliphatic rings. The van der Waals surface area contributed by atoms with Crippen LogP contribution < -0.4 is 10.5 Å². The van der Waals surface area contributed by atoms with Crippen LogP contribution in [0.1, 0.15) is 18.9 Å². The highest BCUT2D eigenvalue weighted by molar-refractivity contribution is 5.28. The van der Waals surface area contributed by atoms with Crippen molar-refractivity contribution in [3.8, 4) is 5.75 Å². The molecule has 4 nitrogen and oxygen atoms in total. The zero-order chi connectivity index (χ0) is 13.9. The molecule has 0 atom stereocenters. The van der Waals surface area contributed by atoms with Gasteiger partial charge in [-0.05, 0) is 38.1 Å². The third-order valence-electron chi connectivity index (χ3n) is 2.91. The van der Waals surface area contributed by atoms with Gasteiger partial charge in [0.2, 0.25) is 0 Å². The first-order valence-corrected chi connectivity index (χ1v) is 6.94. The van der Waals surface area contributed by atoms with Crippen molar-refractivity contribution in [1.29, 1.82) is 0 Å². The highest BCUT2D eigenvalue weighted by atomic mass is 16.5. The zero-order valence-electron chi connectivity index (χ0n) is 12.1. The van der Waals surface area contributed by atoms with E-state index in [1.54, 1.807) is 0 Å². The summed E-state index contributed by atoms with van der Waals surface area (Å²) in [6.07, 6.45) is 1.01. The molecule has 0 unspecified atom stereocenters. The maximum absolute atomic E-state index is 5.71. The van der Waals surface area contributed by atoms with Crippen LogP contribution >= 0.6 is 0 Å². The van der Waals surface area contributed by atoms with Gasteiger partial charge in [-0.25, -0.2) is 0 Å². The molecular formula is C15H26N2O2. The summed E-state index contributed by atoms with van der Waals surface area (Å²) in [5, 5.41) is 0. The lowest BCUT2D eigenvalue weighted by molar-refractivity contribution is 0.120. The van der Waals surface area contributed by atoms with Gasteiger partial charge in [0.1, 0.15) is 5.75 Å². The monoisotopic (exact) mass is 266 g/mol. The predicted octanol–water partition coefficient (Wildman–Crippen LogP) is 1.88. The minimum absolute atomic E-state index is 0.553. The van der Waals surface area contributed by atoms with Crippen LogP contribution in [0.3, 0.4) is 0 Å². The van der Waals surface area contributed by atoms with Gasteiger partial charge in [-0.2, -0.15) is 0 Å². The zero-order valence-corrected chi connectivity index (χ0v) is 12.1. The third kappa shape index (κ3) is 7.15. The number of hydrogen-bond acceptors (Lipinski definition) is 4. The average molecular weight is 266 g/mol. The van der Waals surface area contributed by atoms with Crippen molar-refractivity contribution in [2.45, 2.75) is 19.9 Å². The summed E-state index contributed by atoms with van der Waals surface area (Å²) in [5.41, 5.74) is 6.70. The Labute approximate surface area is 116 Å². The van der Waals surface area contributed by atoms with Crippen LogP contribution in [0.4, 0.5) is 0 Å². The lowest BCUT2D eigenvalue weighted by Crippen LogP contribution is -2.25. The van der Waals surface area contributed by atoms with Gasteiger partial charge in [0.25, 0.3) is 0 Å². The molecule has 0 amide bonds. The second-order valence-electron chi connectivity index (χ2n) is 4.55. The Kier molecular flexibility index (Phi) is 8.21. The number of ether oxygens (including phenoxy) is 2. The molecule has 0 radical (unpaired) electrons. The lowest BCUT2D eigenvalue weighted by Gasteiger charge is -2.16. The van der Waals surface area contributed by atoms with Crippen molar-refractivity contribution in [2.24, 2.45) is 5.73 Å². The Morgan fingerprint density at radius 1 is 1.21 bits per heavy atom. The lowest BCUT2D eigenvalue weighted by atomic mass is 10.2. The minimum Gasteiger partial charge on any atom is -0.494 e. The first-order valence-electron chi connectivity index (χ1n) is 6.94. The van der Waals surface area contributed by atoms with Gasteiger partial charge in [-0.1, -0.05) is 12.1 Å². The molecule has 0 spiro atoms. The largest absolute Gasteiger partial charge is 0.494 e. The van der Waals surface area contributed by atoms with Gasteiger partial charge in [0.15, 0.2) is 0 Å². The molecule has 1 aromatic rings. The quantitative estimate of drug-likeness (QED) is 0.657. The van der Waals surface area contributed by atoms with E-state index in [0.717, 1.165) is 50.6 Å². The van der Waals surface area contributed by atoms with Crippen LogP contribution in [0.25, 0.3) is 0 Å². The molecule has 108 valence electrons. The van der Waals surface area contributed by atoms with E-state index >= 15 is 0 Å². The van der Waals surface area contributed by atoms with Gasteiger partial charge in [0.05, 0.1) is 13.2 Å². The molecule has 2 N–H and O–H groups in total. The highest BCUT2D eigenvalue weighted by Crippen LogP contribution is 2.12. The molecule has 0 aromatic heterocycles. The Hall–Kier alpha value is -1.10. The van der Waals surface area contributed by atoms with E-state index in [-0.39, 0.29) is 0 Å². The maximum Gasteiger partial charge on any atom is 0.119 e. The molecule has 0 aliphatic heterocycles. The summed E-state index contributed by atoms with van der Waals surface area (Å²) in [6, 6.07) is 7.96. The molecule has 4 heteroatoms. The Balaban J connectivity index is 2.12. The smallest absolute Gasteiger partial charge is 0.119 e. The molecule has 19 heavy (non-hydrogen) atoms. The van der Waals surface area contributed by atoms with Crippen molar-refractivity contribution in [2.75, 3.05) is 40.0 Å². The summed E-state index contributed by atoms with van der Waals surface area (Å²) in [5.74, 6) is 0.903. The van der Waals surface area contributed by atoms with Crippen LogP contribution in [-0.2, 0) is 11.3 Å². The van der Waals surface area contributed by atoms with Crippen molar-refractivity contribution in [3.05, 3.63) is 29.8 Å². The highest BCUT2D eigenvalue weighted by Gasteiger charge is 1.99. The van der Waals surface area contributed by atoms with Crippen LogP contribution in [0.5, 0.6) is 5.75 Å². The molecule has 0 aliphatic carbocycles. The molecule has 0 saturated heterocycles. The third-order valence-corrected chi connectivity index (χ3v) is 2.91. The van der Waals surface area contributed by atoms with E-state index in [1.165, 1.54) is 0 Å². The van der Waals surface area contributed by atoms with Gasteiger partial charge in [-0.15, -0.1) is 0 Å². The van der Waals surface area contributed by atoms with Gasteiger partial charge < -0.3 is 20.1 Å². The summed E-state index contributed by atoms with van der Waals surface area (Å²) in [4.78, 5) is 2.26. The summed E-state index contributed by atoms with van der Waals surface area (Å²) >= 11 is 0. The summed E-state index contributed by atoms with van der Waals surface area (Å²) < 4.78 is 11.0. The van der Waals surface area contributed by atoms with Crippen molar-refractivity contribution in [3.63, 3.8) is 0 Å². The van der Waals surface area contributed by atoms with E-state index in [0.29, 0.717) is 6.54 Å². The Bertz CT molecular complexity index is 345. The number of nitrogens with two attached hydrogens (primary N) is 1. The van der Waals surface area contributed by atoms with E-state index in [2.05, 4.69) is 11.9 Å². The van der Waals surface area contributed by atoms with Crippen LogP contribution in [0.2, 0.25) is 0 Å². The molecule has 0 bridgehead atoms. The van der Waals surface area contributed by atoms with Crippen LogP contribution in [0.15, 0.2) is 24.3 Å². The molecule has 0 fully saturated rings.